The van der Waals surface area contributed by atoms with Gasteiger partial charge in [0.1, 0.15) is 0 Å². The highest BCUT2D eigenvalue weighted by atomic mass is 32.1. The summed E-state index contributed by atoms with van der Waals surface area (Å²) in [5, 5.41) is 5.20. The number of thiophene rings is 1. The summed E-state index contributed by atoms with van der Waals surface area (Å²) in [5.74, 6) is -0.491. The van der Waals surface area contributed by atoms with E-state index in [9.17, 15) is 9.59 Å². The van der Waals surface area contributed by atoms with E-state index >= 15 is 0 Å². The van der Waals surface area contributed by atoms with Crippen LogP contribution in [0.1, 0.15) is 65.4 Å². The standard InChI is InChI=1S/C26H35N3O3S/c1-19-9-5-6-14-28(19)15-8-13-27-25(30)23-20-10-3-4-11-21(20)26(31)29(16-17-32-2)24(23)22-12-7-18-33-22/h3-4,7,10-12,18-19,23-24H,5-6,8-9,13-17H2,1-2H3,(H,27,30). The molecule has 3 unspecified atom stereocenters. The number of benzene rings is 1. The third kappa shape index (κ3) is 5.31. The highest BCUT2D eigenvalue weighted by Crippen LogP contribution is 2.44. The van der Waals surface area contributed by atoms with Crippen molar-refractivity contribution in [2.45, 2.75) is 50.6 Å². The summed E-state index contributed by atoms with van der Waals surface area (Å²) in [6.45, 7) is 5.98. The lowest BCUT2D eigenvalue weighted by molar-refractivity contribution is -0.124. The van der Waals surface area contributed by atoms with Gasteiger partial charge in [0.15, 0.2) is 0 Å². The summed E-state index contributed by atoms with van der Waals surface area (Å²) in [4.78, 5) is 32.4. The number of piperidine rings is 1. The molecule has 7 heteroatoms. The van der Waals surface area contributed by atoms with Gasteiger partial charge in [-0.05, 0) is 55.8 Å². The van der Waals surface area contributed by atoms with Crippen LogP contribution in [0.25, 0.3) is 0 Å². The monoisotopic (exact) mass is 469 g/mol. The van der Waals surface area contributed by atoms with Gasteiger partial charge in [0.25, 0.3) is 5.91 Å². The number of hydrogen-bond acceptors (Lipinski definition) is 5. The molecule has 1 aromatic carbocycles. The number of rotatable bonds is 9. The number of carbonyl (C=O) groups is 2. The Labute approximate surface area is 200 Å². The van der Waals surface area contributed by atoms with E-state index in [1.165, 1.54) is 19.3 Å². The summed E-state index contributed by atoms with van der Waals surface area (Å²) in [6.07, 6.45) is 4.78. The molecular weight excluding hydrogens is 434 g/mol. The van der Waals surface area contributed by atoms with Crippen LogP contribution in [0, 0.1) is 0 Å². The maximum atomic E-state index is 13.6. The molecule has 0 radical (unpaired) electrons. The smallest absolute Gasteiger partial charge is 0.254 e. The van der Waals surface area contributed by atoms with Crippen molar-refractivity contribution in [2.24, 2.45) is 0 Å². The third-order valence-electron chi connectivity index (χ3n) is 6.95. The molecule has 3 atom stereocenters. The van der Waals surface area contributed by atoms with Crippen molar-refractivity contribution in [3.05, 3.63) is 57.8 Å². The molecule has 0 aliphatic carbocycles. The Hall–Kier alpha value is -2.22. The summed E-state index contributed by atoms with van der Waals surface area (Å²) in [5.41, 5.74) is 1.43. The lowest BCUT2D eigenvalue weighted by Crippen LogP contribution is -2.48. The zero-order chi connectivity index (χ0) is 23.2. The Morgan fingerprint density at radius 2 is 2.03 bits per heavy atom. The van der Waals surface area contributed by atoms with Gasteiger partial charge in [-0.25, -0.2) is 0 Å². The van der Waals surface area contributed by atoms with E-state index in [0.717, 1.165) is 30.0 Å². The van der Waals surface area contributed by atoms with Crippen LogP contribution >= 0.6 is 11.3 Å². The number of hydrogen-bond donors (Lipinski definition) is 1. The second kappa shape index (κ2) is 11.3. The van der Waals surface area contributed by atoms with Crippen LogP contribution in [0.5, 0.6) is 0 Å². The number of ether oxygens (including phenoxy) is 1. The van der Waals surface area contributed by atoms with Gasteiger partial charge >= 0.3 is 0 Å². The fourth-order valence-corrected chi connectivity index (χ4v) is 6.05. The van der Waals surface area contributed by atoms with Crippen molar-refractivity contribution >= 4 is 23.2 Å². The zero-order valence-electron chi connectivity index (χ0n) is 19.7. The van der Waals surface area contributed by atoms with Crippen LogP contribution in [0.4, 0.5) is 0 Å². The van der Waals surface area contributed by atoms with E-state index < -0.39 is 5.92 Å². The molecule has 0 saturated carbocycles. The van der Waals surface area contributed by atoms with E-state index in [1.54, 1.807) is 18.4 Å². The highest BCUT2D eigenvalue weighted by molar-refractivity contribution is 7.10. The number of likely N-dealkylation sites (tertiary alicyclic amines) is 1. The molecule has 0 bridgehead atoms. The fourth-order valence-electron chi connectivity index (χ4n) is 5.18. The molecule has 2 aromatic rings. The number of fused-ring (bicyclic) bond motifs is 1. The van der Waals surface area contributed by atoms with Crippen molar-refractivity contribution in [2.75, 3.05) is 39.9 Å². The van der Waals surface area contributed by atoms with Gasteiger partial charge in [-0.15, -0.1) is 11.3 Å². The molecule has 1 N–H and O–H groups in total. The minimum absolute atomic E-state index is 0.0116. The Morgan fingerprint density at radius 3 is 2.79 bits per heavy atom. The average molecular weight is 470 g/mol. The second-order valence-electron chi connectivity index (χ2n) is 9.04. The van der Waals surface area contributed by atoms with E-state index in [4.69, 9.17) is 4.74 Å². The minimum atomic E-state index is -0.441. The van der Waals surface area contributed by atoms with E-state index in [0.29, 0.717) is 31.3 Å². The first-order valence-electron chi connectivity index (χ1n) is 12.1. The molecule has 0 spiro atoms. The molecule has 1 saturated heterocycles. The van der Waals surface area contributed by atoms with Crippen LogP contribution in [0.3, 0.4) is 0 Å². The van der Waals surface area contributed by atoms with Crippen molar-refractivity contribution in [3.63, 3.8) is 0 Å². The summed E-state index contributed by atoms with van der Waals surface area (Å²) in [6, 6.07) is 11.9. The van der Waals surface area contributed by atoms with Crippen LogP contribution in [0.2, 0.25) is 0 Å². The first-order chi connectivity index (χ1) is 16.1. The first-order valence-corrected chi connectivity index (χ1v) is 12.9. The van der Waals surface area contributed by atoms with Gasteiger partial charge in [0.05, 0.1) is 18.6 Å². The number of methoxy groups -OCH3 is 1. The van der Waals surface area contributed by atoms with Gasteiger partial charge in [-0.3, -0.25) is 9.59 Å². The molecule has 1 fully saturated rings. The molecule has 2 amide bonds. The van der Waals surface area contributed by atoms with Crippen molar-refractivity contribution < 1.29 is 14.3 Å². The first kappa shape index (κ1) is 23.9. The van der Waals surface area contributed by atoms with Gasteiger partial charge in [-0.2, -0.15) is 0 Å². The van der Waals surface area contributed by atoms with Crippen LogP contribution < -0.4 is 5.32 Å². The quantitative estimate of drug-likeness (QED) is 0.563. The van der Waals surface area contributed by atoms with Crippen LogP contribution in [0.15, 0.2) is 41.8 Å². The normalized spacial score (nSPS) is 23.4. The van der Waals surface area contributed by atoms with Gasteiger partial charge in [0, 0.05) is 43.2 Å². The third-order valence-corrected chi connectivity index (χ3v) is 7.90. The van der Waals surface area contributed by atoms with Gasteiger partial charge in [0.2, 0.25) is 5.91 Å². The topological polar surface area (TPSA) is 61.9 Å². The Morgan fingerprint density at radius 1 is 1.18 bits per heavy atom. The lowest BCUT2D eigenvalue weighted by atomic mass is 9.81. The summed E-state index contributed by atoms with van der Waals surface area (Å²) < 4.78 is 5.29. The van der Waals surface area contributed by atoms with E-state index in [-0.39, 0.29) is 17.9 Å². The molecule has 1 aromatic heterocycles. The molecular formula is C26H35N3O3S. The van der Waals surface area contributed by atoms with E-state index in [2.05, 4.69) is 17.1 Å². The molecule has 2 aliphatic heterocycles. The Kier molecular flexibility index (Phi) is 8.17. The molecule has 33 heavy (non-hydrogen) atoms. The van der Waals surface area contributed by atoms with Crippen LogP contribution in [-0.2, 0) is 9.53 Å². The van der Waals surface area contributed by atoms with E-state index in [1.807, 2.05) is 46.7 Å². The van der Waals surface area contributed by atoms with Crippen molar-refractivity contribution in [1.82, 2.24) is 15.1 Å². The van der Waals surface area contributed by atoms with Crippen molar-refractivity contribution in [1.29, 1.82) is 0 Å². The largest absolute Gasteiger partial charge is 0.383 e. The molecule has 178 valence electrons. The SMILES string of the molecule is COCCN1C(=O)c2ccccc2C(C(=O)NCCCN2CCCCC2C)C1c1cccs1. The fraction of sp³-hybridized carbons (Fsp3) is 0.538. The molecule has 3 heterocycles. The minimum Gasteiger partial charge on any atom is -0.383 e. The molecule has 4 rings (SSSR count). The maximum absolute atomic E-state index is 13.6. The number of amides is 2. The number of nitrogens with zero attached hydrogens (tertiary/aromatic N) is 2. The maximum Gasteiger partial charge on any atom is 0.254 e. The summed E-state index contributed by atoms with van der Waals surface area (Å²) >= 11 is 1.59. The zero-order valence-corrected chi connectivity index (χ0v) is 20.5. The summed E-state index contributed by atoms with van der Waals surface area (Å²) in [7, 11) is 1.63. The predicted octanol–water partition coefficient (Wildman–Crippen LogP) is 4.06. The van der Waals surface area contributed by atoms with Crippen LogP contribution in [-0.4, -0.2) is 67.6 Å². The average Bonchev–Trinajstić information content (AvgIpc) is 3.36. The number of carbonyl (C=O) groups excluding carboxylic acids is 2. The Balaban J connectivity index is 1.53. The van der Waals surface area contributed by atoms with Gasteiger partial charge < -0.3 is 19.9 Å². The molecule has 2 aliphatic rings. The lowest BCUT2D eigenvalue weighted by Gasteiger charge is -2.41. The highest BCUT2D eigenvalue weighted by Gasteiger charge is 2.44. The van der Waals surface area contributed by atoms with Gasteiger partial charge in [-0.1, -0.05) is 30.7 Å². The predicted molar refractivity (Wildman–Crippen MR) is 132 cm³/mol. The molecule has 6 nitrogen and oxygen atoms in total. The second-order valence-corrected chi connectivity index (χ2v) is 10.0. The number of nitrogens with one attached hydrogen (secondary N) is 1. The van der Waals surface area contributed by atoms with Crippen molar-refractivity contribution in [3.8, 4) is 0 Å². The Bertz CT molecular complexity index is 933.